The normalized spacial score (nSPS) is 22.1. The monoisotopic (exact) mass is 241 g/mol. The van der Waals surface area contributed by atoms with Gasteiger partial charge in [-0.3, -0.25) is 9.59 Å². The Morgan fingerprint density at radius 2 is 2.12 bits per heavy atom. The van der Waals surface area contributed by atoms with Crippen LogP contribution >= 0.6 is 0 Å². The third-order valence-electron chi connectivity index (χ3n) is 3.32. The summed E-state index contributed by atoms with van der Waals surface area (Å²) in [5.74, 6) is 0.0235. The number of hydrogen-bond donors (Lipinski definition) is 1. The number of carbonyl (C=O) groups excluding carboxylic acids is 2. The minimum atomic E-state index is -0.460. The number of likely N-dealkylation sites (N-methyl/N-ethyl adjacent to an activating group) is 1. The Hall–Kier alpha value is -1.10. The van der Waals surface area contributed by atoms with Gasteiger partial charge in [-0.05, 0) is 26.2 Å². The minimum absolute atomic E-state index is 0.00773. The van der Waals surface area contributed by atoms with Gasteiger partial charge in [0.25, 0.3) is 0 Å². The van der Waals surface area contributed by atoms with Gasteiger partial charge in [-0.25, -0.2) is 0 Å². The summed E-state index contributed by atoms with van der Waals surface area (Å²) in [5.41, 5.74) is 5.65. The van der Waals surface area contributed by atoms with E-state index in [2.05, 4.69) is 0 Å². The summed E-state index contributed by atoms with van der Waals surface area (Å²) in [4.78, 5) is 26.7. The average molecular weight is 241 g/mol. The fourth-order valence-corrected chi connectivity index (χ4v) is 2.19. The van der Waals surface area contributed by atoms with Crippen LogP contribution in [-0.4, -0.2) is 53.8 Å². The fourth-order valence-electron chi connectivity index (χ4n) is 2.19. The van der Waals surface area contributed by atoms with Crippen LogP contribution in [-0.2, 0) is 9.59 Å². The fraction of sp³-hybridized carbons (Fsp3) is 0.833. The van der Waals surface area contributed by atoms with E-state index >= 15 is 0 Å². The lowest BCUT2D eigenvalue weighted by molar-refractivity contribution is -0.138. The highest BCUT2D eigenvalue weighted by molar-refractivity contribution is 5.81. The number of amides is 2. The maximum atomic E-state index is 12.0. The molecule has 2 amide bonds. The smallest absolute Gasteiger partial charge is 0.239 e. The number of nitrogens with two attached hydrogens (primary N) is 1. The zero-order valence-corrected chi connectivity index (χ0v) is 11.0. The molecular weight excluding hydrogens is 218 g/mol. The second-order valence-corrected chi connectivity index (χ2v) is 4.87. The Morgan fingerprint density at radius 1 is 1.47 bits per heavy atom. The van der Waals surface area contributed by atoms with Crippen LogP contribution in [0.15, 0.2) is 0 Å². The number of hydrogen-bond acceptors (Lipinski definition) is 3. The predicted molar refractivity (Wildman–Crippen MR) is 66.3 cm³/mol. The lowest BCUT2D eigenvalue weighted by Gasteiger charge is -2.38. The predicted octanol–water partition coefficient (Wildman–Crippen LogP) is 0.193. The molecule has 0 aromatic heterocycles. The van der Waals surface area contributed by atoms with E-state index in [0.717, 1.165) is 25.8 Å². The van der Waals surface area contributed by atoms with Gasteiger partial charge >= 0.3 is 0 Å². The molecule has 1 aliphatic rings. The van der Waals surface area contributed by atoms with Crippen LogP contribution in [0.2, 0.25) is 0 Å². The molecule has 2 N–H and O–H groups in total. The summed E-state index contributed by atoms with van der Waals surface area (Å²) in [5, 5.41) is 0. The van der Waals surface area contributed by atoms with Crippen LogP contribution < -0.4 is 5.73 Å². The van der Waals surface area contributed by atoms with Crippen molar-refractivity contribution in [3.8, 4) is 0 Å². The van der Waals surface area contributed by atoms with Gasteiger partial charge in [-0.2, -0.15) is 0 Å². The van der Waals surface area contributed by atoms with Gasteiger partial charge in [0.05, 0.1) is 6.04 Å². The minimum Gasteiger partial charge on any atom is -0.344 e. The van der Waals surface area contributed by atoms with Crippen molar-refractivity contribution in [2.24, 2.45) is 5.73 Å². The Morgan fingerprint density at radius 3 is 2.65 bits per heavy atom. The van der Waals surface area contributed by atoms with E-state index in [1.54, 1.807) is 25.8 Å². The molecule has 0 bridgehead atoms. The van der Waals surface area contributed by atoms with Crippen LogP contribution in [0.4, 0.5) is 0 Å². The Labute approximate surface area is 103 Å². The number of rotatable bonds is 3. The van der Waals surface area contributed by atoms with Crippen molar-refractivity contribution in [1.29, 1.82) is 0 Å². The molecule has 1 heterocycles. The Bertz CT molecular complexity index is 291. The first-order chi connectivity index (χ1) is 7.93. The molecule has 1 rings (SSSR count). The molecule has 0 spiro atoms. The molecule has 0 saturated carbocycles. The molecule has 0 unspecified atom stereocenters. The van der Waals surface area contributed by atoms with E-state index in [1.165, 1.54) is 0 Å². The summed E-state index contributed by atoms with van der Waals surface area (Å²) in [7, 11) is 1.77. The first-order valence-corrected chi connectivity index (χ1v) is 6.21. The number of likely N-dealkylation sites (tertiary alicyclic amines) is 1. The number of piperidine rings is 1. The maximum absolute atomic E-state index is 12.0. The Kier molecular flexibility index (Phi) is 4.93. The van der Waals surface area contributed by atoms with Crippen LogP contribution in [0.1, 0.15) is 33.1 Å². The van der Waals surface area contributed by atoms with E-state index in [9.17, 15) is 9.59 Å². The zero-order valence-electron chi connectivity index (χ0n) is 11.0. The van der Waals surface area contributed by atoms with Gasteiger partial charge in [0.15, 0.2) is 0 Å². The first kappa shape index (κ1) is 14.0. The lowest BCUT2D eigenvalue weighted by atomic mass is 10.0. The molecule has 5 heteroatoms. The maximum Gasteiger partial charge on any atom is 0.239 e. The molecule has 17 heavy (non-hydrogen) atoms. The van der Waals surface area contributed by atoms with Crippen molar-refractivity contribution < 1.29 is 9.59 Å². The van der Waals surface area contributed by atoms with Crippen molar-refractivity contribution in [2.45, 2.75) is 45.2 Å². The molecule has 2 atom stereocenters. The second-order valence-electron chi connectivity index (χ2n) is 4.87. The quantitative estimate of drug-likeness (QED) is 0.767. The van der Waals surface area contributed by atoms with Gasteiger partial charge in [0, 0.05) is 33.1 Å². The van der Waals surface area contributed by atoms with E-state index in [1.807, 2.05) is 4.90 Å². The molecule has 0 radical (unpaired) electrons. The summed E-state index contributed by atoms with van der Waals surface area (Å²) >= 11 is 0. The summed E-state index contributed by atoms with van der Waals surface area (Å²) in [6, 6.07) is -0.339. The lowest BCUT2D eigenvalue weighted by Crippen LogP contribution is -2.53. The zero-order chi connectivity index (χ0) is 13.0. The molecule has 1 aliphatic heterocycles. The van der Waals surface area contributed by atoms with Crippen molar-refractivity contribution in [1.82, 2.24) is 9.80 Å². The molecule has 5 nitrogen and oxygen atoms in total. The van der Waals surface area contributed by atoms with Crippen LogP contribution in [0.25, 0.3) is 0 Å². The highest BCUT2D eigenvalue weighted by Gasteiger charge is 2.29. The van der Waals surface area contributed by atoms with Crippen LogP contribution in [0.3, 0.4) is 0 Å². The number of carbonyl (C=O) groups is 2. The standard InChI is InChI=1S/C12H23N3O2/c1-9(13)12(17)15-7-5-4-6-11(15)8-14(3)10(2)16/h9,11H,4-8,13H2,1-3H3/t9-,11-/m0/s1. The SMILES string of the molecule is CC(=O)N(C)C[C@@H]1CCCCN1C(=O)[C@H](C)N. The first-order valence-electron chi connectivity index (χ1n) is 6.21. The van der Waals surface area contributed by atoms with Crippen molar-refractivity contribution >= 4 is 11.8 Å². The van der Waals surface area contributed by atoms with E-state index in [4.69, 9.17) is 5.73 Å². The van der Waals surface area contributed by atoms with Gasteiger partial charge in [-0.15, -0.1) is 0 Å². The van der Waals surface area contributed by atoms with E-state index in [-0.39, 0.29) is 17.9 Å². The summed E-state index contributed by atoms with van der Waals surface area (Å²) < 4.78 is 0. The van der Waals surface area contributed by atoms with Gasteiger partial charge < -0.3 is 15.5 Å². The largest absolute Gasteiger partial charge is 0.344 e. The van der Waals surface area contributed by atoms with E-state index < -0.39 is 6.04 Å². The van der Waals surface area contributed by atoms with Crippen molar-refractivity contribution in [3.63, 3.8) is 0 Å². The molecule has 98 valence electrons. The molecule has 1 fully saturated rings. The third kappa shape index (κ3) is 3.70. The van der Waals surface area contributed by atoms with Gasteiger partial charge in [-0.1, -0.05) is 0 Å². The molecule has 0 aromatic carbocycles. The third-order valence-corrected chi connectivity index (χ3v) is 3.32. The van der Waals surface area contributed by atoms with Crippen molar-refractivity contribution in [3.05, 3.63) is 0 Å². The summed E-state index contributed by atoms with van der Waals surface area (Å²) in [6.07, 6.45) is 3.09. The molecule has 0 aromatic rings. The molecular formula is C12H23N3O2. The Balaban J connectivity index is 2.66. The molecule has 1 saturated heterocycles. The van der Waals surface area contributed by atoms with Crippen LogP contribution in [0.5, 0.6) is 0 Å². The van der Waals surface area contributed by atoms with Crippen molar-refractivity contribution in [2.75, 3.05) is 20.1 Å². The van der Waals surface area contributed by atoms with E-state index in [0.29, 0.717) is 6.54 Å². The summed E-state index contributed by atoms with van der Waals surface area (Å²) in [6.45, 7) is 4.62. The highest BCUT2D eigenvalue weighted by atomic mass is 16.2. The second kappa shape index (κ2) is 6.00. The van der Waals surface area contributed by atoms with Gasteiger partial charge in [0.1, 0.15) is 0 Å². The topological polar surface area (TPSA) is 66.6 Å². The number of nitrogens with zero attached hydrogens (tertiary/aromatic N) is 2. The van der Waals surface area contributed by atoms with Gasteiger partial charge in [0.2, 0.25) is 11.8 Å². The highest BCUT2D eigenvalue weighted by Crippen LogP contribution is 2.18. The molecule has 0 aliphatic carbocycles. The average Bonchev–Trinajstić information content (AvgIpc) is 2.28. The van der Waals surface area contributed by atoms with Crippen LogP contribution in [0, 0.1) is 0 Å².